The van der Waals surface area contributed by atoms with Gasteiger partial charge in [-0.1, -0.05) is 0 Å². The quantitative estimate of drug-likeness (QED) is 0.431. The van der Waals surface area contributed by atoms with Gasteiger partial charge in [0.2, 0.25) is 5.71 Å². The van der Waals surface area contributed by atoms with Crippen molar-refractivity contribution >= 4 is 23.0 Å². The summed E-state index contributed by atoms with van der Waals surface area (Å²) >= 11 is 0. The topological polar surface area (TPSA) is 106 Å². The zero-order valence-electron chi connectivity index (χ0n) is 16.9. The van der Waals surface area contributed by atoms with Crippen molar-refractivity contribution in [3.8, 4) is 6.19 Å². The zero-order chi connectivity index (χ0) is 21.0. The molecule has 0 radical (unpaired) electrons. The van der Waals surface area contributed by atoms with Crippen LogP contribution >= 0.6 is 0 Å². The van der Waals surface area contributed by atoms with Crippen LogP contribution in [0.15, 0.2) is 28.8 Å². The van der Waals surface area contributed by atoms with Crippen LogP contribution in [0.3, 0.4) is 0 Å². The predicted molar refractivity (Wildman–Crippen MR) is 104 cm³/mol. The van der Waals surface area contributed by atoms with Crippen LogP contribution in [0.25, 0.3) is 11.1 Å². The lowest BCUT2D eigenvalue weighted by Gasteiger charge is -2.32. The second-order valence-electron chi connectivity index (χ2n) is 8.11. The molecule has 2 heterocycles. The summed E-state index contributed by atoms with van der Waals surface area (Å²) in [7, 11) is 0. The summed E-state index contributed by atoms with van der Waals surface area (Å²) in [5, 5.41) is 10.3. The van der Waals surface area contributed by atoms with E-state index >= 15 is 0 Å². The molecular weight excluding hydrogens is 374 g/mol. The fourth-order valence-electron chi connectivity index (χ4n) is 3.42. The third kappa shape index (κ3) is 5.33. The standard InChI is InChI=1S/C21H25N3O5/c1-21(2,3)29-18(25)12-27-16-8-6-15(7-9-16)24(13-22)20(26)17-11-14-5-4-10-23-19(14)28-17/h4-5,10-11,15-16H,6-9,12H2,1-3H3. The molecule has 0 spiro atoms. The fraction of sp³-hybridized carbons (Fsp3) is 0.524. The molecule has 8 nitrogen and oxygen atoms in total. The molecule has 1 aliphatic carbocycles. The number of esters is 1. The number of fused-ring (bicyclic) bond motifs is 1. The lowest BCUT2D eigenvalue weighted by Crippen LogP contribution is -2.40. The number of furan rings is 1. The van der Waals surface area contributed by atoms with E-state index < -0.39 is 17.5 Å². The Labute approximate surface area is 169 Å². The summed E-state index contributed by atoms with van der Waals surface area (Å²) in [4.78, 5) is 29.8. The highest BCUT2D eigenvalue weighted by atomic mass is 16.6. The van der Waals surface area contributed by atoms with Gasteiger partial charge in [-0.2, -0.15) is 5.26 Å². The zero-order valence-corrected chi connectivity index (χ0v) is 16.9. The van der Waals surface area contributed by atoms with Crippen LogP contribution in [0, 0.1) is 11.5 Å². The molecule has 0 saturated heterocycles. The molecule has 1 amide bonds. The molecule has 8 heteroatoms. The van der Waals surface area contributed by atoms with E-state index in [2.05, 4.69) is 4.98 Å². The minimum atomic E-state index is -0.544. The molecule has 1 fully saturated rings. The SMILES string of the molecule is CC(C)(C)OC(=O)COC1CCC(N(C#N)C(=O)c2cc3cccnc3o2)CC1. The van der Waals surface area contributed by atoms with Crippen LogP contribution in [0.5, 0.6) is 0 Å². The molecule has 2 aromatic rings. The highest BCUT2D eigenvalue weighted by Gasteiger charge is 2.32. The van der Waals surface area contributed by atoms with E-state index in [1.165, 1.54) is 4.90 Å². The molecule has 1 aliphatic rings. The average Bonchev–Trinajstić information content (AvgIpc) is 3.11. The van der Waals surface area contributed by atoms with Gasteiger partial charge in [0.1, 0.15) is 12.2 Å². The molecule has 0 aromatic carbocycles. The Hall–Kier alpha value is -2.92. The van der Waals surface area contributed by atoms with Crippen LogP contribution in [0.4, 0.5) is 0 Å². The van der Waals surface area contributed by atoms with Crippen molar-refractivity contribution < 1.29 is 23.5 Å². The van der Waals surface area contributed by atoms with Gasteiger partial charge < -0.3 is 13.9 Å². The number of carbonyl (C=O) groups is 2. The van der Waals surface area contributed by atoms with Gasteiger partial charge in [0.05, 0.1) is 6.10 Å². The van der Waals surface area contributed by atoms with Gasteiger partial charge in [-0.25, -0.2) is 14.7 Å². The normalized spacial score (nSPS) is 19.5. The molecule has 0 N–H and O–H groups in total. The van der Waals surface area contributed by atoms with E-state index in [-0.39, 0.29) is 24.5 Å². The van der Waals surface area contributed by atoms with Crippen molar-refractivity contribution in [3.05, 3.63) is 30.2 Å². The number of nitrogens with zero attached hydrogens (tertiary/aromatic N) is 3. The number of hydrogen-bond donors (Lipinski definition) is 0. The molecule has 3 rings (SSSR count). The molecule has 0 aliphatic heterocycles. The third-order valence-corrected chi connectivity index (χ3v) is 4.70. The first-order valence-corrected chi connectivity index (χ1v) is 9.68. The number of nitriles is 1. The van der Waals surface area contributed by atoms with Crippen molar-refractivity contribution in [2.75, 3.05) is 6.61 Å². The van der Waals surface area contributed by atoms with Crippen LogP contribution in [0.2, 0.25) is 0 Å². The number of hydrogen-bond acceptors (Lipinski definition) is 7. The van der Waals surface area contributed by atoms with Crippen LogP contribution in [0.1, 0.15) is 57.0 Å². The minimum Gasteiger partial charge on any atom is -0.458 e. The molecule has 154 valence electrons. The maximum absolute atomic E-state index is 12.8. The van der Waals surface area contributed by atoms with Gasteiger partial charge in [-0.05, 0) is 64.7 Å². The maximum Gasteiger partial charge on any atom is 0.332 e. The molecule has 1 saturated carbocycles. The van der Waals surface area contributed by atoms with Crippen molar-refractivity contribution in [2.45, 2.75) is 64.2 Å². The number of carbonyl (C=O) groups excluding carboxylic acids is 2. The second kappa shape index (κ2) is 8.62. The van der Waals surface area contributed by atoms with Crippen LogP contribution in [-0.4, -0.2) is 46.1 Å². The Morgan fingerprint density at radius 1 is 1.31 bits per heavy atom. The largest absolute Gasteiger partial charge is 0.458 e. The maximum atomic E-state index is 12.8. The number of ether oxygens (including phenoxy) is 2. The molecule has 2 aromatic heterocycles. The smallest absolute Gasteiger partial charge is 0.332 e. The van der Waals surface area contributed by atoms with E-state index in [0.717, 1.165) is 0 Å². The fourth-order valence-corrected chi connectivity index (χ4v) is 3.42. The molecule has 29 heavy (non-hydrogen) atoms. The Bertz CT molecular complexity index is 883. The van der Waals surface area contributed by atoms with Crippen molar-refractivity contribution in [1.29, 1.82) is 5.26 Å². The Morgan fingerprint density at radius 2 is 2.03 bits per heavy atom. The van der Waals surface area contributed by atoms with E-state index in [4.69, 9.17) is 13.9 Å². The van der Waals surface area contributed by atoms with E-state index in [9.17, 15) is 14.9 Å². The van der Waals surface area contributed by atoms with E-state index in [1.807, 2.05) is 27.0 Å². The summed E-state index contributed by atoms with van der Waals surface area (Å²) in [5.74, 6) is -0.765. The predicted octanol–water partition coefficient (Wildman–Crippen LogP) is 3.42. The summed E-state index contributed by atoms with van der Waals surface area (Å²) in [6, 6.07) is 4.93. The highest BCUT2D eigenvalue weighted by Crippen LogP contribution is 2.27. The summed E-state index contributed by atoms with van der Waals surface area (Å²) in [6.45, 7) is 5.32. The first kappa shape index (κ1) is 20.8. The first-order valence-electron chi connectivity index (χ1n) is 9.68. The summed E-state index contributed by atoms with van der Waals surface area (Å²) in [6.07, 6.45) is 6.01. The van der Waals surface area contributed by atoms with Gasteiger partial charge in [-0.15, -0.1) is 0 Å². The van der Waals surface area contributed by atoms with E-state index in [1.54, 1.807) is 24.4 Å². The summed E-state index contributed by atoms with van der Waals surface area (Å²) < 4.78 is 16.4. The lowest BCUT2D eigenvalue weighted by atomic mass is 9.92. The minimum absolute atomic E-state index is 0.0928. The van der Waals surface area contributed by atoms with Gasteiger partial charge in [0.15, 0.2) is 12.0 Å². The van der Waals surface area contributed by atoms with Crippen molar-refractivity contribution in [2.24, 2.45) is 0 Å². The number of rotatable bonds is 5. The molecule has 0 bridgehead atoms. The highest BCUT2D eigenvalue weighted by molar-refractivity contribution is 5.96. The second-order valence-corrected chi connectivity index (χ2v) is 8.11. The molecular formula is C21H25N3O5. The van der Waals surface area contributed by atoms with Gasteiger partial charge in [0, 0.05) is 17.6 Å². The number of aromatic nitrogens is 1. The Kier molecular flexibility index (Phi) is 6.18. The monoisotopic (exact) mass is 399 g/mol. The number of pyridine rings is 1. The molecule has 0 atom stereocenters. The lowest BCUT2D eigenvalue weighted by molar-refractivity contribution is -0.163. The van der Waals surface area contributed by atoms with Gasteiger partial charge in [0.25, 0.3) is 0 Å². The summed E-state index contributed by atoms with van der Waals surface area (Å²) in [5.41, 5.74) is -0.175. The number of amides is 1. The first-order chi connectivity index (χ1) is 13.8. The average molecular weight is 399 g/mol. The van der Waals surface area contributed by atoms with Gasteiger partial charge in [-0.3, -0.25) is 4.79 Å². The van der Waals surface area contributed by atoms with E-state index in [0.29, 0.717) is 36.8 Å². The van der Waals surface area contributed by atoms with Crippen molar-refractivity contribution in [3.63, 3.8) is 0 Å². The van der Waals surface area contributed by atoms with Crippen molar-refractivity contribution in [1.82, 2.24) is 9.88 Å². The van der Waals surface area contributed by atoms with Gasteiger partial charge >= 0.3 is 11.9 Å². The van der Waals surface area contributed by atoms with Crippen LogP contribution in [-0.2, 0) is 14.3 Å². The third-order valence-electron chi connectivity index (χ3n) is 4.70. The van der Waals surface area contributed by atoms with Crippen LogP contribution < -0.4 is 0 Å². The Morgan fingerprint density at radius 3 is 2.66 bits per heavy atom. The molecule has 0 unspecified atom stereocenters. The Balaban J connectivity index is 1.54.